The summed E-state index contributed by atoms with van der Waals surface area (Å²) in [5.74, 6) is 5.22. The van der Waals surface area contributed by atoms with E-state index in [0.29, 0.717) is 17.1 Å². The zero-order valence-electron chi connectivity index (χ0n) is 10.8. The van der Waals surface area contributed by atoms with Crippen LogP contribution in [0.5, 0.6) is 0 Å². The van der Waals surface area contributed by atoms with Gasteiger partial charge in [0.2, 0.25) is 0 Å². The van der Waals surface area contributed by atoms with E-state index in [1.54, 1.807) is 6.07 Å². The molecule has 21 heavy (non-hydrogen) atoms. The van der Waals surface area contributed by atoms with Gasteiger partial charge in [-0.1, -0.05) is 0 Å². The van der Waals surface area contributed by atoms with Crippen LogP contribution in [-0.2, 0) is 0 Å². The molecule has 0 atom stereocenters. The minimum Gasteiger partial charge on any atom is -0.322 e. The molecule has 1 aromatic heterocycles. The van der Waals surface area contributed by atoms with Crippen molar-refractivity contribution in [3.63, 3.8) is 0 Å². The maximum absolute atomic E-state index is 12.1. The molecule has 0 aliphatic carbocycles. The Bertz CT molecular complexity index is 772. The first-order valence-corrected chi connectivity index (χ1v) is 5.86. The van der Waals surface area contributed by atoms with Gasteiger partial charge in [-0.2, -0.15) is 10.5 Å². The monoisotopic (exact) mass is 278 g/mol. The maximum Gasteiger partial charge on any atom is 0.255 e. The van der Waals surface area contributed by atoms with Gasteiger partial charge in [0.25, 0.3) is 5.91 Å². The molecule has 7 nitrogen and oxygen atoms in total. The Morgan fingerprint density at radius 1 is 1.14 bits per heavy atom. The topological polar surface area (TPSA) is 128 Å². The fourth-order valence-corrected chi connectivity index (χ4v) is 1.67. The quantitative estimate of drug-likeness (QED) is 0.574. The molecule has 0 saturated carbocycles. The minimum atomic E-state index is -0.373. The molecule has 1 amide bonds. The number of hydrogen-bond donors (Lipinski definition) is 3. The first-order valence-electron chi connectivity index (χ1n) is 5.86. The highest BCUT2D eigenvalue weighted by atomic mass is 16.1. The van der Waals surface area contributed by atoms with Gasteiger partial charge in [-0.05, 0) is 30.3 Å². The number of benzene rings is 1. The molecule has 1 heterocycles. The van der Waals surface area contributed by atoms with Gasteiger partial charge < -0.3 is 10.7 Å². The summed E-state index contributed by atoms with van der Waals surface area (Å²) in [6.07, 6.45) is 1.45. The van der Waals surface area contributed by atoms with E-state index in [2.05, 4.69) is 15.7 Å². The first kappa shape index (κ1) is 14.0. The summed E-state index contributed by atoms with van der Waals surface area (Å²) in [5, 5.41) is 20.4. The molecule has 0 bridgehead atoms. The van der Waals surface area contributed by atoms with E-state index < -0.39 is 0 Å². The number of carbonyl (C=O) groups excluding carboxylic acids is 1. The Balaban J connectivity index is 2.24. The second-order valence-electron chi connectivity index (χ2n) is 4.01. The van der Waals surface area contributed by atoms with Crippen LogP contribution in [0.4, 0.5) is 11.5 Å². The van der Waals surface area contributed by atoms with Crippen molar-refractivity contribution in [2.24, 2.45) is 5.84 Å². The number of nitrogens with two attached hydrogens (primary N) is 1. The number of rotatable bonds is 3. The molecule has 7 heteroatoms. The number of amides is 1. The van der Waals surface area contributed by atoms with E-state index >= 15 is 0 Å². The van der Waals surface area contributed by atoms with Gasteiger partial charge in [-0.25, -0.2) is 10.8 Å². The molecule has 4 N–H and O–H groups in total. The Kier molecular flexibility index (Phi) is 4.10. The average Bonchev–Trinajstić information content (AvgIpc) is 2.54. The minimum absolute atomic E-state index is 0.203. The standard InChI is InChI=1S/C14H10N6O/c15-7-10-1-2-12(5-11(10)8-16)19-14(21)9-3-4-18-13(6-9)20-17/h1-6H,17H2,(H,18,20)(H,19,21). The van der Waals surface area contributed by atoms with Crippen LogP contribution >= 0.6 is 0 Å². The molecular formula is C14H10N6O. The highest BCUT2D eigenvalue weighted by Gasteiger charge is 2.09. The summed E-state index contributed by atoms with van der Waals surface area (Å²) in [6.45, 7) is 0. The van der Waals surface area contributed by atoms with Crippen molar-refractivity contribution < 1.29 is 4.79 Å². The molecule has 0 spiro atoms. The van der Waals surface area contributed by atoms with Gasteiger partial charge in [-0.15, -0.1) is 0 Å². The van der Waals surface area contributed by atoms with E-state index in [4.69, 9.17) is 16.4 Å². The SMILES string of the molecule is N#Cc1ccc(NC(=O)c2ccnc(NN)c2)cc1C#N. The van der Waals surface area contributed by atoms with Gasteiger partial charge in [0.1, 0.15) is 18.0 Å². The van der Waals surface area contributed by atoms with Crippen molar-refractivity contribution in [1.82, 2.24) is 4.98 Å². The molecule has 0 aliphatic rings. The predicted octanol–water partition coefficient (Wildman–Crippen LogP) is 1.36. The Morgan fingerprint density at radius 2 is 1.90 bits per heavy atom. The summed E-state index contributed by atoms with van der Waals surface area (Å²) >= 11 is 0. The summed E-state index contributed by atoms with van der Waals surface area (Å²) in [7, 11) is 0. The molecule has 1 aromatic carbocycles. The van der Waals surface area contributed by atoms with E-state index in [0.717, 1.165) is 0 Å². The summed E-state index contributed by atoms with van der Waals surface area (Å²) in [5.41, 5.74) is 3.60. The van der Waals surface area contributed by atoms with Crippen molar-refractivity contribution >= 4 is 17.4 Å². The highest BCUT2D eigenvalue weighted by Crippen LogP contribution is 2.16. The van der Waals surface area contributed by atoms with Crippen molar-refractivity contribution in [3.8, 4) is 12.1 Å². The molecule has 102 valence electrons. The van der Waals surface area contributed by atoms with E-state index in [9.17, 15) is 4.79 Å². The third-order valence-corrected chi connectivity index (χ3v) is 2.69. The van der Waals surface area contributed by atoms with E-state index in [1.807, 2.05) is 12.1 Å². The third kappa shape index (κ3) is 3.13. The fraction of sp³-hybridized carbons (Fsp3) is 0. The van der Waals surface area contributed by atoms with Gasteiger partial charge in [0.15, 0.2) is 0 Å². The number of hydrazine groups is 1. The number of anilines is 2. The van der Waals surface area contributed by atoms with Gasteiger partial charge >= 0.3 is 0 Å². The summed E-state index contributed by atoms with van der Waals surface area (Å²) in [4.78, 5) is 16.0. The van der Waals surface area contributed by atoms with Gasteiger partial charge in [0.05, 0.1) is 11.1 Å². The number of carbonyl (C=O) groups is 1. The van der Waals surface area contributed by atoms with Gasteiger partial charge in [0, 0.05) is 17.4 Å². The number of aromatic nitrogens is 1. The number of pyridine rings is 1. The summed E-state index contributed by atoms with van der Waals surface area (Å²) < 4.78 is 0. The largest absolute Gasteiger partial charge is 0.322 e. The lowest BCUT2D eigenvalue weighted by Gasteiger charge is -2.07. The normalized spacial score (nSPS) is 9.29. The molecule has 2 rings (SSSR count). The van der Waals surface area contributed by atoms with Crippen LogP contribution in [0.3, 0.4) is 0 Å². The fourth-order valence-electron chi connectivity index (χ4n) is 1.67. The molecule has 0 aliphatic heterocycles. The van der Waals surface area contributed by atoms with Crippen LogP contribution in [0.2, 0.25) is 0 Å². The van der Waals surface area contributed by atoms with Crippen molar-refractivity contribution in [2.75, 3.05) is 10.7 Å². The average molecular weight is 278 g/mol. The van der Waals surface area contributed by atoms with Crippen molar-refractivity contribution in [3.05, 3.63) is 53.2 Å². The second kappa shape index (κ2) is 6.15. The van der Waals surface area contributed by atoms with Crippen LogP contribution in [0.15, 0.2) is 36.5 Å². The Hall–Kier alpha value is -3.42. The molecule has 0 saturated heterocycles. The lowest BCUT2D eigenvalue weighted by molar-refractivity contribution is 0.102. The lowest BCUT2D eigenvalue weighted by Crippen LogP contribution is -2.14. The van der Waals surface area contributed by atoms with E-state index in [-0.39, 0.29) is 17.0 Å². The smallest absolute Gasteiger partial charge is 0.255 e. The number of nitrogens with zero attached hydrogens (tertiary/aromatic N) is 3. The number of nitrogen functional groups attached to an aromatic ring is 1. The molecule has 0 radical (unpaired) electrons. The Morgan fingerprint density at radius 3 is 2.57 bits per heavy atom. The van der Waals surface area contributed by atoms with Crippen molar-refractivity contribution in [2.45, 2.75) is 0 Å². The van der Waals surface area contributed by atoms with Gasteiger partial charge in [-0.3, -0.25) is 4.79 Å². The van der Waals surface area contributed by atoms with E-state index in [1.165, 1.54) is 30.5 Å². The molecule has 2 aromatic rings. The van der Waals surface area contributed by atoms with Crippen LogP contribution < -0.4 is 16.6 Å². The molecule has 0 fully saturated rings. The zero-order chi connectivity index (χ0) is 15.2. The molecular weight excluding hydrogens is 268 g/mol. The predicted molar refractivity (Wildman–Crippen MR) is 75.9 cm³/mol. The zero-order valence-corrected chi connectivity index (χ0v) is 10.8. The lowest BCUT2D eigenvalue weighted by atomic mass is 10.1. The second-order valence-corrected chi connectivity index (χ2v) is 4.01. The number of nitriles is 2. The highest BCUT2D eigenvalue weighted by molar-refractivity contribution is 6.04. The summed E-state index contributed by atoms with van der Waals surface area (Å²) in [6, 6.07) is 11.3. The van der Waals surface area contributed by atoms with Crippen LogP contribution in [0.1, 0.15) is 21.5 Å². The maximum atomic E-state index is 12.1. The first-order chi connectivity index (χ1) is 10.2. The Labute approximate surface area is 120 Å². The molecule has 0 unspecified atom stereocenters. The number of hydrogen-bond acceptors (Lipinski definition) is 6. The van der Waals surface area contributed by atoms with Crippen molar-refractivity contribution in [1.29, 1.82) is 10.5 Å². The number of nitrogens with one attached hydrogen (secondary N) is 2. The van der Waals surface area contributed by atoms with Crippen LogP contribution in [0.25, 0.3) is 0 Å². The third-order valence-electron chi connectivity index (χ3n) is 2.69. The van der Waals surface area contributed by atoms with Crippen LogP contribution in [-0.4, -0.2) is 10.9 Å². The van der Waals surface area contributed by atoms with Crippen LogP contribution in [0, 0.1) is 22.7 Å².